The molecule has 32 heavy (non-hydrogen) atoms. The maximum absolute atomic E-state index is 13.2. The zero-order valence-corrected chi connectivity index (χ0v) is 17.7. The zero-order valence-electron chi connectivity index (χ0n) is 17.7. The standard InChI is InChI=1S/C26H24N2O4/c1-18-16-23-20(17-25(29)30)6-5-9-24(23)28(18)26(31)19-10-12-22(13-11-19)32-15-14-27-21-7-3-2-4-8-21/h2-13,16,27H,14-15,17H2,1H3,(H,29,30). The predicted octanol–water partition coefficient (Wildman–Crippen LogP) is 4.76. The van der Waals surface area contributed by atoms with Crippen LogP contribution in [0.25, 0.3) is 10.9 Å². The van der Waals surface area contributed by atoms with Gasteiger partial charge < -0.3 is 15.2 Å². The molecule has 0 radical (unpaired) electrons. The van der Waals surface area contributed by atoms with Crippen molar-refractivity contribution in [2.45, 2.75) is 13.3 Å². The fraction of sp³-hybridized carbons (Fsp3) is 0.154. The third-order valence-electron chi connectivity index (χ3n) is 5.24. The van der Waals surface area contributed by atoms with Crippen molar-refractivity contribution < 1.29 is 19.4 Å². The minimum atomic E-state index is -0.899. The minimum absolute atomic E-state index is 0.0832. The number of aliphatic carboxylic acids is 1. The maximum Gasteiger partial charge on any atom is 0.307 e. The van der Waals surface area contributed by atoms with E-state index < -0.39 is 5.97 Å². The number of carboxylic acids is 1. The lowest BCUT2D eigenvalue weighted by Crippen LogP contribution is -2.14. The Morgan fingerprint density at radius 2 is 1.72 bits per heavy atom. The number of para-hydroxylation sites is 1. The fourth-order valence-electron chi connectivity index (χ4n) is 3.75. The first-order valence-electron chi connectivity index (χ1n) is 10.4. The topological polar surface area (TPSA) is 80.6 Å². The summed E-state index contributed by atoms with van der Waals surface area (Å²) in [6, 6.07) is 24.2. The van der Waals surface area contributed by atoms with E-state index in [2.05, 4.69) is 5.32 Å². The molecule has 4 rings (SSSR count). The molecule has 0 bridgehead atoms. The van der Waals surface area contributed by atoms with E-state index in [4.69, 9.17) is 9.84 Å². The summed E-state index contributed by atoms with van der Waals surface area (Å²) < 4.78 is 7.39. The van der Waals surface area contributed by atoms with Crippen LogP contribution in [0.2, 0.25) is 0 Å². The Kier molecular flexibility index (Phi) is 6.22. The summed E-state index contributed by atoms with van der Waals surface area (Å²) in [6.07, 6.45) is -0.0832. The second-order valence-electron chi connectivity index (χ2n) is 7.51. The molecular weight excluding hydrogens is 404 g/mol. The van der Waals surface area contributed by atoms with Crippen molar-refractivity contribution >= 4 is 28.5 Å². The van der Waals surface area contributed by atoms with E-state index in [9.17, 15) is 9.59 Å². The normalized spacial score (nSPS) is 10.8. The average molecular weight is 428 g/mol. The highest BCUT2D eigenvalue weighted by atomic mass is 16.5. The summed E-state index contributed by atoms with van der Waals surface area (Å²) in [5.41, 5.74) is 3.73. The molecule has 6 nitrogen and oxygen atoms in total. The van der Waals surface area contributed by atoms with Crippen LogP contribution in [0.3, 0.4) is 0 Å². The molecule has 0 saturated carbocycles. The Hall–Kier alpha value is -4.06. The molecule has 0 aliphatic rings. The molecule has 0 aliphatic heterocycles. The van der Waals surface area contributed by atoms with Gasteiger partial charge in [-0.25, -0.2) is 0 Å². The van der Waals surface area contributed by atoms with Gasteiger partial charge in [0.1, 0.15) is 12.4 Å². The molecule has 0 atom stereocenters. The Morgan fingerprint density at radius 1 is 0.969 bits per heavy atom. The Labute approximate surface area is 186 Å². The van der Waals surface area contributed by atoms with E-state index >= 15 is 0 Å². The summed E-state index contributed by atoms with van der Waals surface area (Å²) in [5.74, 6) is -0.375. The predicted molar refractivity (Wildman–Crippen MR) is 125 cm³/mol. The highest BCUT2D eigenvalue weighted by Crippen LogP contribution is 2.25. The summed E-state index contributed by atoms with van der Waals surface area (Å²) in [5, 5.41) is 13.2. The van der Waals surface area contributed by atoms with Gasteiger partial charge in [0.25, 0.3) is 5.91 Å². The van der Waals surface area contributed by atoms with Gasteiger partial charge in [-0.2, -0.15) is 0 Å². The largest absolute Gasteiger partial charge is 0.492 e. The van der Waals surface area contributed by atoms with Gasteiger partial charge >= 0.3 is 5.97 Å². The van der Waals surface area contributed by atoms with Crippen LogP contribution in [0.15, 0.2) is 78.9 Å². The second kappa shape index (κ2) is 9.39. The number of carboxylic acid groups (broad SMARTS) is 1. The van der Waals surface area contributed by atoms with E-state index in [1.807, 2.05) is 49.4 Å². The van der Waals surface area contributed by atoms with Gasteiger partial charge in [-0.1, -0.05) is 30.3 Å². The first-order chi connectivity index (χ1) is 15.5. The summed E-state index contributed by atoms with van der Waals surface area (Å²) in [7, 11) is 0. The van der Waals surface area contributed by atoms with Crippen LogP contribution in [0.5, 0.6) is 5.75 Å². The van der Waals surface area contributed by atoms with Gasteiger partial charge in [-0.15, -0.1) is 0 Å². The van der Waals surface area contributed by atoms with E-state index in [0.717, 1.165) is 16.8 Å². The smallest absolute Gasteiger partial charge is 0.307 e. The Morgan fingerprint density at radius 3 is 2.44 bits per heavy atom. The molecular formula is C26H24N2O4. The van der Waals surface area contributed by atoms with Crippen LogP contribution in [0.4, 0.5) is 5.69 Å². The number of ether oxygens (including phenoxy) is 1. The summed E-state index contributed by atoms with van der Waals surface area (Å²) in [6.45, 7) is 3.01. The number of aryl methyl sites for hydroxylation is 1. The van der Waals surface area contributed by atoms with Crippen LogP contribution in [-0.2, 0) is 11.2 Å². The number of hydrogen-bond donors (Lipinski definition) is 2. The molecule has 4 aromatic rings. The van der Waals surface area contributed by atoms with E-state index in [-0.39, 0.29) is 12.3 Å². The number of benzene rings is 3. The first-order valence-corrected chi connectivity index (χ1v) is 10.4. The van der Waals surface area contributed by atoms with Gasteiger partial charge in [-0.05, 0) is 61.0 Å². The van der Waals surface area contributed by atoms with Gasteiger partial charge in [0, 0.05) is 28.9 Å². The molecule has 1 aromatic heterocycles. The monoisotopic (exact) mass is 428 g/mol. The number of fused-ring (bicyclic) bond motifs is 1. The molecule has 0 aliphatic carbocycles. The Bertz CT molecular complexity index is 1240. The molecule has 0 spiro atoms. The molecule has 0 fully saturated rings. The zero-order chi connectivity index (χ0) is 22.5. The lowest BCUT2D eigenvalue weighted by molar-refractivity contribution is -0.136. The number of aromatic nitrogens is 1. The quantitative estimate of drug-likeness (QED) is 0.396. The number of hydrogen-bond acceptors (Lipinski definition) is 4. The third kappa shape index (κ3) is 4.64. The number of nitrogens with zero attached hydrogens (tertiary/aromatic N) is 1. The van der Waals surface area contributed by atoms with Crippen LogP contribution < -0.4 is 10.1 Å². The number of nitrogens with one attached hydrogen (secondary N) is 1. The van der Waals surface area contributed by atoms with Gasteiger partial charge in [-0.3, -0.25) is 14.2 Å². The van der Waals surface area contributed by atoms with Crippen molar-refractivity contribution in [1.82, 2.24) is 4.57 Å². The lowest BCUT2D eigenvalue weighted by Gasteiger charge is -2.10. The fourth-order valence-corrected chi connectivity index (χ4v) is 3.75. The van der Waals surface area contributed by atoms with Gasteiger partial charge in [0.15, 0.2) is 0 Å². The first kappa shape index (κ1) is 21.2. The van der Waals surface area contributed by atoms with Crippen molar-refractivity contribution in [3.63, 3.8) is 0 Å². The van der Waals surface area contributed by atoms with Crippen molar-refractivity contribution in [3.05, 3.63) is 95.7 Å². The second-order valence-corrected chi connectivity index (χ2v) is 7.51. The third-order valence-corrected chi connectivity index (χ3v) is 5.24. The van der Waals surface area contributed by atoms with Gasteiger partial charge in [0.05, 0.1) is 11.9 Å². The number of rotatable bonds is 8. The lowest BCUT2D eigenvalue weighted by atomic mass is 10.1. The number of anilines is 1. The van der Waals surface area contributed by atoms with Crippen LogP contribution >= 0.6 is 0 Å². The Balaban J connectivity index is 1.45. The van der Waals surface area contributed by atoms with E-state index in [1.165, 1.54) is 0 Å². The minimum Gasteiger partial charge on any atom is -0.492 e. The van der Waals surface area contributed by atoms with E-state index in [0.29, 0.717) is 35.5 Å². The van der Waals surface area contributed by atoms with Crippen LogP contribution in [-0.4, -0.2) is 34.7 Å². The molecule has 0 unspecified atom stereocenters. The molecule has 0 saturated heterocycles. The number of carbonyl (C=O) groups is 2. The van der Waals surface area contributed by atoms with Crippen molar-refractivity contribution in [2.75, 3.05) is 18.5 Å². The molecule has 1 heterocycles. The molecule has 162 valence electrons. The van der Waals surface area contributed by atoms with Gasteiger partial charge in [0.2, 0.25) is 0 Å². The number of carbonyl (C=O) groups excluding carboxylic acids is 1. The van der Waals surface area contributed by atoms with Crippen molar-refractivity contribution in [3.8, 4) is 5.75 Å². The highest BCUT2D eigenvalue weighted by Gasteiger charge is 2.17. The van der Waals surface area contributed by atoms with Crippen LogP contribution in [0, 0.1) is 6.92 Å². The summed E-state index contributed by atoms with van der Waals surface area (Å²) in [4.78, 5) is 24.4. The van der Waals surface area contributed by atoms with Crippen molar-refractivity contribution in [2.24, 2.45) is 0 Å². The molecule has 6 heteroatoms. The average Bonchev–Trinajstić information content (AvgIpc) is 3.14. The highest BCUT2D eigenvalue weighted by molar-refractivity contribution is 6.04. The maximum atomic E-state index is 13.2. The summed E-state index contributed by atoms with van der Waals surface area (Å²) >= 11 is 0. The molecule has 0 amide bonds. The van der Waals surface area contributed by atoms with Crippen LogP contribution in [0.1, 0.15) is 21.6 Å². The molecule has 2 N–H and O–H groups in total. The van der Waals surface area contributed by atoms with E-state index in [1.54, 1.807) is 41.0 Å². The SMILES string of the molecule is Cc1cc2c(CC(=O)O)cccc2n1C(=O)c1ccc(OCCNc2ccccc2)cc1. The molecule has 3 aromatic carbocycles. The van der Waals surface area contributed by atoms with Crippen molar-refractivity contribution in [1.29, 1.82) is 0 Å².